The minimum atomic E-state index is -0.637. The van der Waals surface area contributed by atoms with Gasteiger partial charge in [-0.3, -0.25) is 9.59 Å². The summed E-state index contributed by atoms with van der Waals surface area (Å²) in [7, 11) is 0. The second kappa shape index (κ2) is 9.75. The number of thiazole rings is 1. The molecule has 1 heterocycles. The van der Waals surface area contributed by atoms with E-state index in [0.29, 0.717) is 24.4 Å². The lowest BCUT2D eigenvalue weighted by atomic mass is 9.47. The Morgan fingerprint density at radius 3 is 2.49 bits per heavy atom. The van der Waals surface area contributed by atoms with Crippen molar-refractivity contribution in [3.63, 3.8) is 0 Å². The number of aliphatic hydroxyl groups is 2. The van der Waals surface area contributed by atoms with Crippen LogP contribution in [0.15, 0.2) is 0 Å². The van der Waals surface area contributed by atoms with Crippen molar-refractivity contribution >= 4 is 28.3 Å². The first kappa shape index (κ1) is 25.2. The zero-order valence-corrected chi connectivity index (χ0v) is 22.0. The molecule has 3 fully saturated rings. The highest BCUT2D eigenvalue weighted by Gasteiger charge is 2.59. The molecule has 0 unspecified atom stereocenters. The number of anilines is 1. The largest absolute Gasteiger partial charge is 0.396 e. The molecule has 3 saturated carbocycles. The minimum absolute atomic E-state index is 0.0272. The molecule has 0 radical (unpaired) electrons. The van der Waals surface area contributed by atoms with Gasteiger partial charge in [0.15, 0.2) is 5.13 Å². The number of hydrogen-bond acceptors (Lipinski definition) is 6. The molecule has 5 rings (SSSR count). The molecule has 0 aliphatic heterocycles. The van der Waals surface area contributed by atoms with Crippen LogP contribution < -0.4 is 10.6 Å². The van der Waals surface area contributed by atoms with Crippen molar-refractivity contribution in [1.82, 2.24) is 10.3 Å². The Kier molecular flexibility index (Phi) is 7.01. The van der Waals surface area contributed by atoms with E-state index in [2.05, 4.69) is 17.6 Å². The van der Waals surface area contributed by atoms with Crippen LogP contribution in [0.3, 0.4) is 0 Å². The van der Waals surface area contributed by atoms with E-state index in [9.17, 15) is 19.8 Å². The summed E-state index contributed by atoms with van der Waals surface area (Å²) in [6.45, 7) is 4.13. The molecule has 4 N–H and O–H groups in total. The maximum absolute atomic E-state index is 13.3. The molecule has 0 bridgehead atoms. The Morgan fingerprint density at radius 1 is 1.09 bits per heavy atom. The van der Waals surface area contributed by atoms with Crippen molar-refractivity contribution in [2.24, 2.45) is 22.7 Å². The predicted molar refractivity (Wildman–Crippen MR) is 136 cm³/mol. The zero-order valence-electron chi connectivity index (χ0n) is 21.1. The van der Waals surface area contributed by atoms with Crippen molar-refractivity contribution in [2.75, 3.05) is 11.9 Å². The van der Waals surface area contributed by atoms with Gasteiger partial charge in [-0.15, -0.1) is 11.3 Å². The van der Waals surface area contributed by atoms with Gasteiger partial charge in [0, 0.05) is 34.6 Å². The summed E-state index contributed by atoms with van der Waals surface area (Å²) in [5.41, 5.74) is 0.0344. The molecule has 1 aromatic heterocycles. The van der Waals surface area contributed by atoms with E-state index in [1.165, 1.54) is 30.6 Å². The Balaban J connectivity index is 1.44. The lowest BCUT2D eigenvalue weighted by Gasteiger charge is -2.58. The van der Waals surface area contributed by atoms with Crippen molar-refractivity contribution in [1.29, 1.82) is 0 Å². The summed E-state index contributed by atoms with van der Waals surface area (Å²) in [6.07, 6.45) is 10.5. The van der Waals surface area contributed by atoms with Gasteiger partial charge in [0.25, 0.3) is 0 Å². The van der Waals surface area contributed by atoms with Gasteiger partial charge in [-0.2, -0.15) is 0 Å². The average Bonchev–Trinajstić information content (AvgIpc) is 3.19. The van der Waals surface area contributed by atoms with E-state index in [4.69, 9.17) is 4.98 Å². The first-order valence-corrected chi connectivity index (χ1v) is 14.4. The number of amides is 2. The molecule has 7 nitrogen and oxygen atoms in total. The normalized spacial score (nSPS) is 35.5. The summed E-state index contributed by atoms with van der Waals surface area (Å²) in [6, 6.07) is 0.256. The van der Waals surface area contributed by atoms with Crippen molar-refractivity contribution in [3.8, 4) is 0 Å². The predicted octanol–water partition coefficient (Wildman–Crippen LogP) is 4.14. The number of aliphatic hydroxyl groups excluding tert-OH is 2. The van der Waals surface area contributed by atoms with Crippen LogP contribution in [0.4, 0.5) is 5.13 Å². The maximum atomic E-state index is 13.3. The van der Waals surface area contributed by atoms with E-state index in [1.807, 2.05) is 6.92 Å². The van der Waals surface area contributed by atoms with Crippen molar-refractivity contribution in [2.45, 2.75) is 109 Å². The van der Waals surface area contributed by atoms with Crippen LogP contribution in [0.1, 0.15) is 101 Å². The first-order chi connectivity index (χ1) is 16.7. The highest BCUT2D eigenvalue weighted by Crippen LogP contribution is 2.62. The van der Waals surface area contributed by atoms with Crippen molar-refractivity contribution in [3.05, 3.63) is 10.6 Å². The fourth-order valence-corrected chi connectivity index (χ4v) is 8.37. The van der Waals surface area contributed by atoms with Gasteiger partial charge in [0.1, 0.15) is 0 Å². The fourth-order valence-electron chi connectivity index (χ4n) is 7.30. The smallest absolute Gasteiger partial charge is 0.229 e. The highest BCUT2D eigenvalue weighted by molar-refractivity contribution is 7.15. The van der Waals surface area contributed by atoms with E-state index in [1.54, 1.807) is 0 Å². The molecule has 4 aliphatic rings. The van der Waals surface area contributed by atoms with Crippen LogP contribution in [-0.2, 0) is 16.0 Å². The number of nitrogens with zero attached hydrogens (tertiary/aromatic N) is 1. The second-order valence-electron chi connectivity index (χ2n) is 12.1. The highest BCUT2D eigenvalue weighted by atomic mass is 32.1. The van der Waals surface area contributed by atoms with Gasteiger partial charge in [-0.25, -0.2) is 4.98 Å². The first-order valence-electron chi connectivity index (χ1n) is 13.6. The third-order valence-electron chi connectivity index (χ3n) is 9.96. The number of hydrogen-bond donors (Lipinski definition) is 4. The monoisotopic (exact) mass is 503 g/mol. The van der Waals surface area contributed by atoms with Gasteiger partial charge in [-0.1, -0.05) is 39.5 Å². The number of nitrogens with one attached hydrogen (secondary N) is 2. The maximum Gasteiger partial charge on any atom is 0.229 e. The molecule has 2 amide bonds. The van der Waals surface area contributed by atoms with Crippen LogP contribution >= 0.6 is 11.3 Å². The van der Waals surface area contributed by atoms with E-state index >= 15 is 0 Å². The Hall–Kier alpha value is -1.51. The summed E-state index contributed by atoms with van der Waals surface area (Å²) in [4.78, 5) is 31.9. The molecule has 194 valence electrons. The lowest BCUT2D eigenvalue weighted by molar-refractivity contribution is -0.144. The molecule has 0 spiro atoms. The summed E-state index contributed by atoms with van der Waals surface area (Å²) in [5.74, 6) is 0.122. The zero-order chi connectivity index (χ0) is 24.8. The Morgan fingerprint density at radius 2 is 1.83 bits per heavy atom. The summed E-state index contributed by atoms with van der Waals surface area (Å²) >= 11 is 1.51. The molecule has 0 saturated heterocycles. The van der Waals surface area contributed by atoms with Gasteiger partial charge >= 0.3 is 0 Å². The number of rotatable bonds is 6. The SMILES string of the molecule is C[C@]1(CO)[C@H]2Cc3sc(NC(=O)C4CCC4)nc3[C@@H](CC(=O)NC3CCCCC3)[C@]2(C)CC[C@H]1O. The van der Waals surface area contributed by atoms with Crippen LogP contribution in [-0.4, -0.2) is 45.8 Å². The van der Waals surface area contributed by atoms with E-state index < -0.39 is 11.5 Å². The molecule has 4 aliphatic carbocycles. The molecular formula is C27H41N3O4S. The van der Waals surface area contributed by atoms with Gasteiger partial charge in [0.2, 0.25) is 11.8 Å². The second-order valence-corrected chi connectivity index (χ2v) is 13.2. The molecule has 1 aromatic rings. The van der Waals surface area contributed by atoms with Crippen LogP contribution in [0, 0.1) is 22.7 Å². The summed E-state index contributed by atoms with van der Waals surface area (Å²) < 4.78 is 0. The van der Waals surface area contributed by atoms with Crippen LogP contribution in [0.5, 0.6) is 0 Å². The van der Waals surface area contributed by atoms with Gasteiger partial charge in [0.05, 0.1) is 18.4 Å². The van der Waals surface area contributed by atoms with Gasteiger partial charge in [-0.05, 0) is 56.3 Å². The quantitative estimate of drug-likeness (QED) is 0.466. The topological polar surface area (TPSA) is 112 Å². The van der Waals surface area contributed by atoms with Crippen LogP contribution in [0.2, 0.25) is 0 Å². The van der Waals surface area contributed by atoms with Crippen LogP contribution in [0.25, 0.3) is 0 Å². The molecule has 0 aromatic carbocycles. The van der Waals surface area contributed by atoms with Gasteiger partial charge < -0.3 is 20.8 Å². The van der Waals surface area contributed by atoms with E-state index in [-0.39, 0.29) is 47.6 Å². The molecular weight excluding hydrogens is 462 g/mol. The molecule has 35 heavy (non-hydrogen) atoms. The Bertz CT molecular complexity index is 956. The van der Waals surface area contributed by atoms with Crippen molar-refractivity contribution < 1.29 is 19.8 Å². The number of aromatic nitrogens is 1. The number of carbonyl (C=O) groups excluding carboxylic acids is 2. The standard InChI is InChI=1S/C27H41N3O4S/c1-26-12-11-21(32)27(2,15-31)20(26)14-19-23(29-25(35-19)30-24(34)16-7-6-8-16)18(26)13-22(33)28-17-9-4-3-5-10-17/h16-18,20-21,31-32H,3-15H2,1-2H3,(H,28,33)(H,29,30,34)/t18-,20+,21-,26+,27+/m1/s1. The third kappa shape index (κ3) is 4.55. The summed E-state index contributed by atoms with van der Waals surface area (Å²) in [5, 5.41) is 28.3. The Labute approximate surface area is 212 Å². The molecule has 5 atom stereocenters. The number of carbonyl (C=O) groups is 2. The van der Waals surface area contributed by atoms with E-state index in [0.717, 1.165) is 49.1 Å². The number of fused-ring (bicyclic) bond motifs is 2. The fraction of sp³-hybridized carbons (Fsp3) is 0.815. The molecule has 8 heteroatoms. The third-order valence-corrected chi connectivity index (χ3v) is 11.0. The minimum Gasteiger partial charge on any atom is -0.396 e. The lowest BCUT2D eigenvalue weighted by Crippen LogP contribution is -2.57. The average molecular weight is 504 g/mol.